The van der Waals surface area contributed by atoms with E-state index in [0.29, 0.717) is 26.2 Å². The van der Waals surface area contributed by atoms with Crippen molar-refractivity contribution in [1.82, 2.24) is 10.2 Å². The maximum Gasteiger partial charge on any atom is 0.390 e. The van der Waals surface area contributed by atoms with Crippen LogP contribution >= 0.6 is 36.4 Å². The Kier molecular flexibility index (Phi) is 9.09. The second kappa shape index (κ2) is 9.22. The van der Waals surface area contributed by atoms with Gasteiger partial charge in [0.15, 0.2) is 0 Å². The number of halogens is 8. The van der Waals surface area contributed by atoms with Crippen molar-refractivity contribution >= 4 is 36.4 Å². The van der Waals surface area contributed by atoms with Gasteiger partial charge in [-0.05, 0) is 12.1 Å². The summed E-state index contributed by atoms with van der Waals surface area (Å²) in [5.41, 5.74) is -0.571. The summed E-state index contributed by atoms with van der Waals surface area (Å²) >= 11 is 5.52. The lowest BCUT2D eigenvalue weighted by atomic mass is 9.99. The molecule has 0 aliphatic carbocycles. The van der Waals surface area contributed by atoms with Crippen LogP contribution in [0.25, 0.3) is 0 Å². The molecule has 1 saturated heterocycles. The molecule has 0 amide bonds. The summed E-state index contributed by atoms with van der Waals surface area (Å²) in [4.78, 5) is 1.44. The van der Waals surface area contributed by atoms with E-state index in [2.05, 4.69) is 5.32 Å². The van der Waals surface area contributed by atoms with E-state index in [9.17, 15) is 22.0 Å². The fraction of sp³-hybridized carbons (Fsp3) is 0.538. The average molecular weight is 402 g/mol. The number of nitrogens with one attached hydrogen (secondary N) is 1. The van der Waals surface area contributed by atoms with Gasteiger partial charge in [0.2, 0.25) is 0 Å². The van der Waals surface area contributed by atoms with Crippen LogP contribution in [0.15, 0.2) is 12.1 Å². The summed E-state index contributed by atoms with van der Waals surface area (Å²) in [6, 6.07) is 0.293. The molecule has 134 valence electrons. The number of hydrogen-bond acceptors (Lipinski definition) is 2. The van der Waals surface area contributed by atoms with Gasteiger partial charge < -0.3 is 5.32 Å². The molecule has 1 N–H and O–H groups in total. The molecule has 1 aliphatic heterocycles. The van der Waals surface area contributed by atoms with E-state index in [1.807, 2.05) is 0 Å². The molecule has 2 rings (SSSR count). The molecule has 0 bridgehead atoms. The van der Waals surface area contributed by atoms with E-state index < -0.39 is 35.8 Å². The Hall–Kier alpha value is -0.340. The maximum absolute atomic E-state index is 14.0. The summed E-state index contributed by atoms with van der Waals surface area (Å²) < 4.78 is 66.2. The molecule has 0 saturated carbocycles. The van der Waals surface area contributed by atoms with Crippen LogP contribution in [0.5, 0.6) is 0 Å². The highest BCUT2D eigenvalue weighted by Crippen LogP contribution is 2.37. The standard InChI is InChI=1S/C13H14ClF5N2.2ClH/c14-8-5-9(15)12(10(16)6-8)11(7-13(17,18)19)21-3-1-20-2-4-21;;/h5-6,11,20H,1-4,7H2;2*1H/t11-;;/m1../s1. The van der Waals surface area contributed by atoms with Crippen LogP contribution in [0.1, 0.15) is 18.0 Å². The third-order valence-corrected chi connectivity index (χ3v) is 3.61. The van der Waals surface area contributed by atoms with Crippen molar-refractivity contribution in [3.63, 3.8) is 0 Å². The largest absolute Gasteiger partial charge is 0.390 e. The van der Waals surface area contributed by atoms with Crippen LogP contribution in [0.4, 0.5) is 22.0 Å². The summed E-state index contributed by atoms with van der Waals surface area (Å²) in [6.07, 6.45) is -5.82. The molecule has 0 aromatic heterocycles. The molecule has 1 heterocycles. The van der Waals surface area contributed by atoms with Crippen LogP contribution in [-0.4, -0.2) is 37.3 Å². The normalized spacial score (nSPS) is 17.1. The first-order valence-electron chi connectivity index (χ1n) is 6.44. The topological polar surface area (TPSA) is 15.3 Å². The first kappa shape index (κ1) is 22.7. The first-order valence-corrected chi connectivity index (χ1v) is 6.81. The molecule has 1 atom stereocenters. The molecular formula is C13H16Cl3F5N2. The smallest absolute Gasteiger partial charge is 0.314 e. The van der Waals surface area contributed by atoms with Gasteiger partial charge in [0.05, 0.1) is 6.42 Å². The Labute approximate surface area is 148 Å². The third-order valence-electron chi connectivity index (χ3n) is 3.39. The van der Waals surface area contributed by atoms with Gasteiger partial charge in [-0.15, -0.1) is 24.8 Å². The summed E-state index contributed by atoms with van der Waals surface area (Å²) in [7, 11) is 0. The van der Waals surface area contributed by atoms with Crippen molar-refractivity contribution in [2.75, 3.05) is 26.2 Å². The van der Waals surface area contributed by atoms with Crippen LogP contribution in [0.3, 0.4) is 0 Å². The molecular weight excluding hydrogens is 386 g/mol. The molecule has 1 aromatic carbocycles. The van der Waals surface area contributed by atoms with E-state index in [1.54, 1.807) is 0 Å². The van der Waals surface area contributed by atoms with Crippen molar-refractivity contribution in [1.29, 1.82) is 0 Å². The predicted octanol–water partition coefficient (Wildman–Crippen LogP) is 4.36. The van der Waals surface area contributed by atoms with Gasteiger partial charge in [0.25, 0.3) is 0 Å². The second-order valence-electron chi connectivity index (χ2n) is 4.90. The van der Waals surface area contributed by atoms with Crippen LogP contribution in [0.2, 0.25) is 5.02 Å². The minimum Gasteiger partial charge on any atom is -0.314 e. The number of nitrogens with zero attached hydrogens (tertiary/aromatic N) is 1. The zero-order valence-electron chi connectivity index (χ0n) is 11.8. The number of alkyl halides is 3. The molecule has 0 spiro atoms. The zero-order chi connectivity index (χ0) is 15.6. The van der Waals surface area contributed by atoms with Crippen molar-refractivity contribution in [2.45, 2.75) is 18.6 Å². The van der Waals surface area contributed by atoms with Crippen molar-refractivity contribution in [3.8, 4) is 0 Å². The third kappa shape index (κ3) is 6.23. The van der Waals surface area contributed by atoms with Crippen molar-refractivity contribution in [3.05, 3.63) is 34.4 Å². The molecule has 2 nitrogen and oxygen atoms in total. The summed E-state index contributed by atoms with van der Waals surface area (Å²) in [5.74, 6) is -2.10. The zero-order valence-corrected chi connectivity index (χ0v) is 14.2. The average Bonchev–Trinajstić information content (AvgIpc) is 2.36. The van der Waals surface area contributed by atoms with E-state index in [0.717, 1.165) is 12.1 Å². The Morgan fingerprint density at radius 1 is 1.09 bits per heavy atom. The van der Waals surface area contributed by atoms with Crippen molar-refractivity contribution < 1.29 is 22.0 Å². The molecule has 10 heteroatoms. The highest BCUT2D eigenvalue weighted by Gasteiger charge is 2.38. The van der Waals surface area contributed by atoms with E-state index in [4.69, 9.17) is 11.6 Å². The van der Waals surface area contributed by atoms with E-state index in [-0.39, 0.29) is 29.8 Å². The SMILES string of the molecule is Cl.Cl.Fc1cc(Cl)cc(F)c1[C@@H](CC(F)(F)F)N1CCNCC1. The fourth-order valence-electron chi connectivity index (χ4n) is 2.50. The van der Waals surface area contributed by atoms with Gasteiger partial charge in [-0.3, -0.25) is 4.90 Å². The van der Waals surface area contributed by atoms with Crippen LogP contribution < -0.4 is 5.32 Å². The Morgan fingerprint density at radius 3 is 2.00 bits per heavy atom. The van der Waals surface area contributed by atoms with Gasteiger partial charge in [0, 0.05) is 42.8 Å². The lowest BCUT2D eigenvalue weighted by Crippen LogP contribution is -2.46. The van der Waals surface area contributed by atoms with Gasteiger partial charge >= 0.3 is 6.18 Å². The number of piperazine rings is 1. The lowest BCUT2D eigenvalue weighted by Gasteiger charge is -2.35. The van der Waals surface area contributed by atoms with E-state index >= 15 is 0 Å². The fourth-order valence-corrected chi connectivity index (χ4v) is 2.69. The second-order valence-corrected chi connectivity index (χ2v) is 5.34. The first-order chi connectivity index (χ1) is 9.78. The van der Waals surface area contributed by atoms with Gasteiger partial charge in [-0.25, -0.2) is 8.78 Å². The molecule has 23 heavy (non-hydrogen) atoms. The molecule has 1 aromatic rings. The number of benzene rings is 1. The molecule has 0 radical (unpaired) electrons. The highest BCUT2D eigenvalue weighted by atomic mass is 35.5. The molecule has 1 fully saturated rings. The van der Waals surface area contributed by atoms with Gasteiger partial charge in [-0.1, -0.05) is 11.6 Å². The van der Waals surface area contributed by atoms with Crippen molar-refractivity contribution in [2.24, 2.45) is 0 Å². The minimum atomic E-state index is -4.52. The Bertz CT molecular complexity index is 484. The monoisotopic (exact) mass is 400 g/mol. The van der Waals surface area contributed by atoms with Crippen LogP contribution in [0, 0.1) is 11.6 Å². The van der Waals surface area contributed by atoms with E-state index in [1.165, 1.54) is 4.90 Å². The lowest BCUT2D eigenvalue weighted by molar-refractivity contribution is -0.149. The maximum atomic E-state index is 14.0. The summed E-state index contributed by atoms with van der Waals surface area (Å²) in [5, 5.41) is 2.81. The number of hydrogen-bond donors (Lipinski definition) is 1. The molecule has 1 aliphatic rings. The van der Waals surface area contributed by atoms with Gasteiger partial charge in [0.1, 0.15) is 11.6 Å². The Morgan fingerprint density at radius 2 is 1.57 bits per heavy atom. The number of rotatable bonds is 3. The van der Waals surface area contributed by atoms with Crippen LogP contribution in [-0.2, 0) is 0 Å². The summed E-state index contributed by atoms with van der Waals surface area (Å²) in [6.45, 7) is 1.54. The Balaban J connectivity index is 0.00000242. The quantitative estimate of drug-likeness (QED) is 0.757. The van der Waals surface area contributed by atoms with Gasteiger partial charge in [-0.2, -0.15) is 13.2 Å². The predicted molar refractivity (Wildman–Crippen MR) is 83.7 cm³/mol. The minimum absolute atomic E-state index is 0. The molecule has 0 unspecified atom stereocenters. The highest BCUT2D eigenvalue weighted by molar-refractivity contribution is 6.30.